The number of nitrogens with one attached hydrogen (secondary N) is 4. The van der Waals surface area contributed by atoms with Gasteiger partial charge in [-0.3, -0.25) is 9.52 Å². The molecule has 0 saturated carbocycles. The molecule has 4 N–H and O–H groups in total. The average molecular weight is 435 g/mol. The van der Waals surface area contributed by atoms with Crippen LogP contribution in [-0.4, -0.2) is 39.0 Å². The lowest BCUT2D eigenvalue weighted by molar-refractivity contribution is -0.117. The van der Waals surface area contributed by atoms with Crippen LogP contribution in [0.15, 0.2) is 48.5 Å². The quantitative estimate of drug-likeness (QED) is 0.477. The van der Waals surface area contributed by atoms with Crippen molar-refractivity contribution in [3.63, 3.8) is 0 Å². The van der Waals surface area contributed by atoms with E-state index in [2.05, 4.69) is 20.9 Å². The van der Waals surface area contributed by atoms with E-state index in [1.165, 1.54) is 0 Å². The minimum atomic E-state index is -3.75. The first-order chi connectivity index (χ1) is 14.4. The Morgan fingerprint density at radius 2 is 1.47 bits per heavy atom. The van der Waals surface area contributed by atoms with E-state index in [0.29, 0.717) is 36.1 Å². The topological polar surface area (TPSA) is 118 Å². The normalized spacial score (nSPS) is 18.6. The monoisotopic (exact) mass is 434 g/mol. The second kappa shape index (κ2) is 9.79. The largest absolute Gasteiger partial charge is 0.494 e. The van der Waals surface area contributed by atoms with E-state index in [4.69, 9.17) is 9.47 Å². The van der Waals surface area contributed by atoms with Crippen molar-refractivity contribution in [3.8, 4) is 11.5 Å². The number of amides is 1. The van der Waals surface area contributed by atoms with E-state index in [0.717, 1.165) is 0 Å². The third-order valence-corrected chi connectivity index (χ3v) is 6.00. The molecule has 1 aliphatic heterocycles. The van der Waals surface area contributed by atoms with Crippen LogP contribution in [0, 0.1) is 0 Å². The second-order valence-electron chi connectivity index (χ2n) is 6.62. The number of benzene rings is 2. The van der Waals surface area contributed by atoms with Crippen molar-refractivity contribution in [3.05, 3.63) is 48.5 Å². The van der Waals surface area contributed by atoms with Gasteiger partial charge in [-0.1, -0.05) is 0 Å². The lowest BCUT2D eigenvalue weighted by Crippen LogP contribution is -2.42. The van der Waals surface area contributed by atoms with Crippen LogP contribution in [0.25, 0.3) is 0 Å². The van der Waals surface area contributed by atoms with Crippen molar-refractivity contribution in [2.75, 3.05) is 23.3 Å². The van der Waals surface area contributed by atoms with E-state index in [1.54, 1.807) is 48.5 Å². The first-order valence-corrected chi connectivity index (χ1v) is 11.2. The van der Waals surface area contributed by atoms with Gasteiger partial charge in [-0.2, -0.15) is 0 Å². The molecule has 0 radical (unpaired) electrons. The van der Waals surface area contributed by atoms with Crippen molar-refractivity contribution >= 4 is 27.3 Å². The van der Waals surface area contributed by atoms with Gasteiger partial charge in [0.05, 0.1) is 13.2 Å². The molecule has 9 nitrogen and oxygen atoms in total. The lowest BCUT2D eigenvalue weighted by atomic mass is 10.2. The minimum absolute atomic E-state index is 0.0786. The molecule has 1 saturated heterocycles. The zero-order valence-electron chi connectivity index (χ0n) is 16.8. The van der Waals surface area contributed by atoms with Gasteiger partial charge < -0.3 is 14.8 Å². The highest BCUT2D eigenvalue weighted by Gasteiger charge is 2.37. The van der Waals surface area contributed by atoms with E-state index in [9.17, 15) is 13.2 Å². The van der Waals surface area contributed by atoms with Crippen molar-refractivity contribution < 1.29 is 22.7 Å². The number of hydrogen-bond acceptors (Lipinski definition) is 7. The number of sulfonamides is 1. The maximum atomic E-state index is 12.6. The lowest BCUT2D eigenvalue weighted by Gasteiger charge is -2.14. The van der Waals surface area contributed by atoms with E-state index in [-0.39, 0.29) is 12.3 Å². The molecule has 162 valence electrons. The fraction of sp³-hybridized carbons (Fsp3) is 0.350. The fourth-order valence-electron chi connectivity index (χ4n) is 2.95. The predicted octanol–water partition coefficient (Wildman–Crippen LogP) is 2.06. The zero-order valence-corrected chi connectivity index (χ0v) is 17.7. The number of hydrogen-bond donors (Lipinski definition) is 4. The Morgan fingerprint density at radius 1 is 0.933 bits per heavy atom. The van der Waals surface area contributed by atoms with E-state index >= 15 is 0 Å². The van der Waals surface area contributed by atoms with Gasteiger partial charge in [-0.25, -0.2) is 19.3 Å². The van der Waals surface area contributed by atoms with E-state index < -0.39 is 21.4 Å². The standard InChI is InChI=1S/C20H26N4O5S/c1-3-28-16-9-5-14(6-10-16)21-20(25)18-13-19(23-22-18)30(26,27)24-15-7-11-17(12-8-15)29-4-2/h5-12,18-19,22-24H,3-4,13H2,1-2H3,(H,21,25). The van der Waals surface area contributed by atoms with Gasteiger partial charge in [0.2, 0.25) is 15.9 Å². The van der Waals surface area contributed by atoms with Gasteiger partial charge in [0.15, 0.2) is 0 Å². The molecular formula is C20H26N4O5S. The van der Waals surface area contributed by atoms with Crippen LogP contribution in [0.4, 0.5) is 11.4 Å². The highest BCUT2D eigenvalue weighted by atomic mass is 32.2. The molecule has 1 aliphatic rings. The third-order valence-electron chi connectivity index (χ3n) is 4.42. The van der Waals surface area contributed by atoms with Crippen molar-refractivity contribution in [1.29, 1.82) is 0 Å². The summed E-state index contributed by atoms with van der Waals surface area (Å²) in [6.45, 7) is 4.86. The first kappa shape index (κ1) is 21.9. The summed E-state index contributed by atoms with van der Waals surface area (Å²) in [5, 5.41) is 1.81. The Kier molecular flexibility index (Phi) is 7.14. The SMILES string of the molecule is CCOc1ccc(NC(=O)C2CC(S(=O)(=O)Nc3ccc(OCC)cc3)NN2)cc1. The van der Waals surface area contributed by atoms with Gasteiger partial charge in [0.25, 0.3) is 0 Å². The molecule has 10 heteroatoms. The molecule has 2 aromatic rings. The highest BCUT2D eigenvalue weighted by molar-refractivity contribution is 7.93. The van der Waals surface area contributed by atoms with Crippen LogP contribution < -0.4 is 30.4 Å². The molecule has 0 spiro atoms. The molecule has 2 atom stereocenters. The maximum absolute atomic E-state index is 12.6. The number of ether oxygens (including phenoxy) is 2. The molecular weight excluding hydrogens is 408 g/mol. The molecule has 1 fully saturated rings. The summed E-state index contributed by atoms with van der Waals surface area (Å²) in [5.74, 6) is 1.04. The predicted molar refractivity (Wildman–Crippen MR) is 115 cm³/mol. The number of hydrazine groups is 1. The average Bonchev–Trinajstić information content (AvgIpc) is 3.23. The number of carbonyl (C=O) groups excluding carboxylic acids is 1. The first-order valence-electron chi connectivity index (χ1n) is 9.70. The Morgan fingerprint density at radius 3 is 2.00 bits per heavy atom. The molecule has 0 bridgehead atoms. The van der Waals surface area contributed by atoms with Crippen LogP contribution >= 0.6 is 0 Å². The Balaban J connectivity index is 1.55. The second-order valence-corrected chi connectivity index (χ2v) is 8.48. The number of anilines is 2. The molecule has 2 aromatic carbocycles. The van der Waals surface area contributed by atoms with Gasteiger partial charge >= 0.3 is 0 Å². The van der Waals surface area contributed by atoms with Crippen molar-refractivity contribution in [2.45, 2.75) is 31.7 Å². The van der Waals surface area contributed by atoms with Crippen molar-refractivity contribution in [1.82, 2.24) is 10.9 Å². The Labute approximate surface area is 176 Å². The van der Waals surface area contributed by atoms with Crippen LogP contribution in [0.2, 0.25) is 0 Å². The maximum Gasteiger partial charge on any atom is 0.250 e. The van der Waals surface area contributed by atoms with Gasteiger partial charge in [0, 0.05) is 17.8 Å². The summed E-state index contributed by atoms with van der Waals surface area (Å²) in [4.78, 5) is 12.5. The molecule has 1 amide bonds. The van der Waals surface area contributed by atoms with Gasteiger partial charge in [-0.05, 0) is 62.4 Å². The summed E-state index contributed by atoms with van der Waals surface area (Å²) in [6.07, 6.45) is 0.0786. The Bertz CT molecular complexity index is 948. The van der Waals surface area contributed by atoms with Crippen LogP contribution in [0.1, 0.15) is 20.3 Å². The molecule has 2 unspecified atom stereocenters. The summed E-state index contributed by atoms with van der Waals surface area (Å²) in [7, 11) is -3.75. The highest BCUT2D eigenvalue weighted by Crippen LogP contribution is 2.21. The number of carbonyl (C=O) groups is 1. The van der Waals surface area contributed by atoms with Crippen LogP contribution in [0.3, 0.4) is 0 Å². The third kappa shape index (κ3) is 5.62. The summed E-state index contributed by atoms with van der Waals surface area (Å²) < 4.78 is 38.5. The smallest absolute Gasteiger partial charge is 0.250 e. The number of rotatable bonds is 9. The zero-order chi connectivity index (χ0) is 21.6. The molecule has 0 aromatic heterocycles. The summed E-state index contributed by atoms with van der Waals surface area (Å²) in [6, 6.07) is 12.9. The van der Waals surface area contributed by atoms with Crippen LogP contribution in [-0.2, 0) is 14.8 Å². The Hall–Kier alpha value is -2.82. The van der Waals surface area contributed by atoms with Crippen molar-refractivity contribution in [2.24, 2.45) is 0 Å². The summed E-state index contributed by atoms with van der Waals surface area (Å²) >= 11 is 0. The fourth-order valence-corrected chi connectivity index (χ4v) is 4.23. The van der Waals surface area contributed by atoms with Gasteiger partial charge in [0.1, 0.15) is 22.9 Å². The molecule has 0 aliphatic carbocycles. The minimum Gasteiger partial charge on any atom is -0.494 e. The summed E-state index contributed by atoms with van der Waals surface area (Å²) in [5.41, 5.74) is 6.46. The van der Waals surface area contributed by atoms with Gasteiger partial charge in [-0.15, -0.1) is 0 Å². The molecule has 1 heterocycles. The molecule has 3 rings (SSSR count). The van der Waals surface area contributed by atoms with E-state index in [1.807, 2.05) is 13.8 Å². The van der Waals surface area contributed by atoms with Crippen LogP contribution in [0.5, 0.6) is 11.5 Å². The molecule has 30 heavy (non-hydrogen) atoms.